The molecule has 2 heterocycles. The second-order valence-corrected chi connectivity index (χ2v) is 6.59. The Labute approximate surface area is 134 Å². The Bertz CT molecular complexity index is 552. The lowest BCUT2D eigenvalue weighted by Gasteiger charge is -2.30. The van der Waals surface area contributed by atoms with Gasteiger partial charge in [0.25, 0.3) is 5.91 Å². The average molecular weight is 329 g/mol. The summed E-state index contributed by atoms with van der Waals surface area (Å²) in [5.74, 6) is 0.291. The molecule has 0 radical (unpaired) electrons. The highest BCUT2D eigenvalue weighted by Gasteiger charge is 2.34. The van der Waals surface area contributed by atoms with E-state index in [1.54, 1.807) is 18.2 Å². The molecule has 0 aromatic heterocycles. The van der Waals surface area contributed by atoms with Crippen molar-refractivity contribution in [1.82, 2.24) is 9.80 Å². The summed E-state index contributed by atoms with van der Waals surface area (Å²) in [6.07, 6.45) is 0. The van der Waals surface area contributed by atoms with Gasteiger partial charge in [-0.2, -0.15) is 0 Å². The standard InChI is InChI=1S/C15H18Cl2N2O2/c1-18-5-10-6-19(7-11(18)9-21-8-10)15(20)12-3-2-4-13(16)14(12)17/h2-4,10-11H,5-9H2,1H3/t10-,11+/m1/s1. The molecule has 1 amide bonds. The Morgan fingerprint density at radius 3 is 2.86 bits per heavy atom. The molecule has 1 aromatic carbocycles. The van der Waals surface area contributed by atoms with Crippen molar-refractivity contribution in [2.75, 3.05) is 39.9 Å². The Morgan fingerprint density at radius 2 is 2.05 bits per heavy atom. The monoisotopic (exact) mass is 328 g/mol. The van der Waals surface area contributed by atoms with Gasteiger partial charge in [0.2, 0.25) is 0 Å². The van der Waals surface area contributed by atoms with Crippen LogP contribution in [0.4, 0.5) is 0 Å². The molecule has 1 aromatic rings. The molecule has 21 heavy (non-hydrogen) atoms. The van der Waals surface area contributed by atoms with Crippen molar-refractivity contribution in [1.29, 1.82) is 0 Å². The number of hydrogen-bond donors (Lipinski definition) is 0. The van der Waals surface area contributed by atoms with Crippen molar-refractivity contribution in [3.8, 4) is 0 Å². The van der Waals surface area contributed by atoms with E-state index in [1.165, 1.54) is 0 Å². The summed E-state index contributed by atoms with van der Waals surface area (Å²) in [6.45, 7) is 3.68. The molecule has 2 aliphatic heterocycles. The number of nitrogens with zero attached hydrogens (tertiary/aromatic N) is 2. The molecule has 0 N–H and O–H groups in total. The largest absolute Gasteiger partial charge is 0.379 e. The van der Waals surface area contributed by atoms with Gasteiger partial charge in [-0.15, -0.1) is 0 Å². The summed E-state index contributed by atoms with van der Waals surface area (Å²) < 4.78 is 5.68. The highest BCUT2D eigenvalue weighted by Crippen LogP contribution is 2.28. The average Bonchev–Trinajstić information content (AvgIpc) is 2.69. The summed E-state index contributed by atoms with van der Waals surface area (Å²) in [6, 6.07) is 5.42. The molecule has 2 saturated heterocycles. The van der Waals surface area contributed by atoms with Gasteiger partial charge in [-0.05, 0) is 19.2 Å². The topological polar surface area (TPSA) is 32.8 Å². The van der Waals surface area contributed by atoms with E-state index < -0.39 is 0 Å². The summed E-state index contributed by atoms with van der Waals surface area (Å²) in [7, 11) is 2.09. The highest BCUT2D eigenvalue weighted by molar-refractivity contribution is 6.43. The van der Waals surface area contributed by atoms with Crippen LogP contribution < -0.4 is 0 Å². The Morgan fingerprint density at radius 1 is 1.24 bits per heavy atom. The van der Waals surface area contributed by atoms with Crippen LogP contribution in [0.15, 0.2) is 18.2 Å². The number of likely N-dealkylation sites (N-methyl/N-ethyl adjacent to an activating group) is 1. The number of hydrogen-bond acceptors (Lipinski definition) is 3. The zero-order valence-corrected chi connectivity index (χ0v) is 13.4. The van der Waals surface area contributed by atoms with Crippen LogP contribution >= 0.6 is 23.2 Å². The van der Waals surface area contributed by atoms with Gasteiger partial charge in [-0.1, -0.05) is 29.3 Å². The van der Waals surface area contributed by atoms with Gasteiger partial charge in [0, 0.05) is 25.6 Å². The van der Waals surface area contributed by atoms with Gasteiger partial charge in [0.15, 0.2) is 0 Å². The molecule has 0 unspecified atom stereocenters. The van der Waals surface area contributed by atoms with E-state index in [1.807, 2.05) is 4.90 Å². The minimum absolute atomic E-state index is 0.0466. The van der Waals surface area contributed by atoms with E-state index in [2.05, 4.69) is 11.9 Å². The van der Waals surface area contributed by atoms with Crippen LogP contribution in [0.1, 0.15) is 10.4 Å². The lowest BCUT2D eigenvalue weighted by Crippen LogP contribution is -2.44. The van der Waals surface area contributed by atoms with E-state index >= 15 is 0 Å². The predicted molar refractivity (Wildman–Crippen MR) is 83.1 cm³/mol. The number of carbonyl (C=O) groups excluding carboxylic acids is 1. The van der Waals surface area contributed by atoms with Gasteiger partial charge >= 0.3 is 0 Å². The quantitative estimate of drug-likeness (QED) is 0.793. The number of benzene rings is 1. The van der Waals surface area contributed by atoms with Crippen LogP contribution in [0.5, 0.6) is 0 Å². The summed E-state index contributed by atoms with van der Waals surface area (Å²) in [5.41, 5.74) is 0.479. The number of amides is 1. The van der Waals surface area contributed by atoms with Crippen LogP contribution in [-0.2, 0) is 4.74 Å². The molecule has 2 fully saturated rings. The maximum absolute atomic E-state index is 12.8. The summed E-state index contributed by atoms with van der Waals surface area (Å²) >= 11 is 12.2. The number of halogens is 2. The minimum Gasteiger partial charge on any atom is -0.379 e. The molecule has 0 spiro atoms. The first-order valence-corrected chi connectivity index (χ1v) is 7.83. The number of rotatable bonds is 1. The lowest BCUT2D eigenvalue weighted by atomic mass is 10.1. The van der Waals surface area contributed by atoms with Crippen LogP contribution in [-0.4, -0.2) is 61.6 Å². The van der Waals surface area contributed by atoms with Crippen LogP contribution in [0, 0.1) is 5.92 Å². The second-order valence-electron chi connectivity index (χ2n) is 5.81. The fraction of sp³-hybridized carbons (Fsp3) is 0.533. The third-order valence-corrected chi connectivity index (χ3v) is 5.03. The van der Waals surface area contributed by atoms with Gasteiger partial charge in [0.05, 0.1) is 34.9 Å². The zero-order chi connectivity index (χ0) is 15.0. The molecule has 6 heteroatoms. The second kappa shape index (κ2) is 6.13. The van der Waals surface area contributed by atoms with Gasteiger partial charge in [0.1, 0.15) is 0 Å². The van der Waals surface area contributed by atoms with Crippen molar-refractivity contribution >= 4 is 29.1 Å². The SMILES string of the molecule is CN1C[C@H]2COC[C@@H]1CN(C(=O)c1cccc(Cl)c1Cl)C2. The summed E-state index contributed by atoms with van der Waals surface area (Å²) in [5, 5.41) is 0.751. The molecule has 2 bridgehead atoms. The normalized spacial score (nSPS) is 26.5. The summed E-state index contributed by atoms with van der Waals surface area (Å²) in [4.78, 5) is 17.0. The molecule has 4 nitrogen and oxygen atoms in total. The van der Waals surface area contributed by atoms with Crippen LogP contribution in [0.3, 0.4) is 0 Å². The van der Waals surface area contributed by atoms with Crippen LogP contribution in [0.25, 0.3) is 0 Å². The predicted octanol–water partition coefficient (Wildman–Crippen LogP) is 2.40. The Balaban J connectivity index is 1.86. The highest BCUT2D eigenvalue weighted by atomic mass is 35.5. The first-order chi connectivity index (χ1) is 10.1. The van der Waals surface area contributed by atoms with Crippen molar-refractivity contribution in [2.45, 2.75) is 6.04 Å². The molecular formula is C15H18Cl2N2O2. The van der Waals surface area contributed by atoms with E-state index in [-0.39, 0.29) is 11.9 Å². The minimum atomic E-state index is -0.0466. The van der Waals surface area contributed by atoms with Gasteiger partial charge in [-0.3, -0.25) is 9.69 Å². The number of carbonyl (C=O) groups is 1. The van der Waals surface area contributed by atoms with Crippen LogP contribution in [0.2, 0.25) is 10.0 Å². The molecule has 2 atom stereocenters. The van der Waals surface area contributed by atoms with Crippen molar-refractivity contribution in [3.05, 3.63) is 33.8 Å². The molecular weight excluding hydrogens is 311 g/mol. The smallest absolute Gasteiger partial charge is 0.255 e. The molecule has 0 saturated carbocycles. The van der Waals surface area contributed by atoms with Crippen molar-refractivity contribution in [2.24, 2.45) is 5.92 Å². The fourth-order valence-electron chi connectivity index (χ4n) is 3.06. The third-order valence-electron chi connectivity index (χ3n) is 4.21. The van der Waals surface area contributed by atoms with Gasteiger partial charge < -0.3 is 9.64 Å². The van der Waals surface area contributed by atoms with E-state index in [0.29, 0.717) is 47.8 Å². The van der Waals surface area contributed by atoms with Crippen molar-refractivity contribution in [3.63, 3.8) is 0 Å². The molecule has 114 valence electrons. The van der Waals surface area contributed by atoms with E-state index in [0.717, 1.165) is 6.54 Å². The Kier molecular flexibility index (Phi) is 4.41. The fourth-order valence-corrected chi connectivity index (χ4v) is 3.44. The molecule has 3 rings (SSSR count). The van der Waals surface area contributed by atoms with Gasteiger partial charge in [-0.25, -0.2) is 0 Å². The molecule has 0 aliphatic carbocycles. The van der Waals surface area contributed by atoms with E-state index in [9.17, 15) is 4.79 Å². The van der Waals surface area contributed by atoms with Crippen molar-refractivity contribution < 1.29 is 9.53 Å². The first kappa shape index (κ1) is 15.1. The number of fused-ring (bicyclic) bond motifs is 3. The maximum Gasteiger partial charge on any atom is 0.255 e. The third kappa shape index (κ3) is 3.04. The first-order valence-electron chi connectivity index (χ1n) is 7.07. The number of ether oxygens (including phenoxy) is 1. The maximum atomic E-state index is 12.8. The molecule has 2 aliphatic rings. The zero-order valence-electron chi connectivity index (χ0n) is 11.9. The van der Waals surface area contributed by atoms with E-state index in [4.69, 9.17) is 27.9 Å². The Hall–Kier alpha value is -0.810. The lowest BCUT2D eigenvalue weighted by molar-refractivity contribution is 0.0434.